The molecule has 0 aliphatic carbocycles. The Morgan fingerprint density at radius 2 is 2.04 bits per heavy atom. The summed E-state index contributed by atoms with van der Waals surface area (Å²) < 4.78 is 28.3. The van der Waals surface area contributed by atoms with Crippen LogP contribution in [-0.4, -0.2) is 19.6 Å². The van der Waals surface area contributed by atoms with Crippen LogP contribution in [0.25, 0.3) is 11.4 Å². The SMILES string of the molecule is O=[N+]([O-])c1cccc(-c2nccn2C[C@H](O)c2ccc(F)cc2F)c1. The number of nitrogens with zero attached hydrogens (tertiary/aromatic N) is 3. The van der Waals surface area contributed by atoms with Gasteiger partial charge in [0.05, 0.1) is 17.6 Å². The molecule has 25 heavy (non-hydrogen) atoms. The lowest BCUT2D eigenvalue weighted by atomic mass is 10.1. The number of nitro benzene ring substituents is 1. The lowest BCUT2D eigenvalue weighted by molar-refractivity contribution is -0.384. The molecule has 1 N–H and O–H groups in total. The third-order valence-electron chi connectivity index (χ3n) is 3.72. The molecule has 0 bridgehead atoms. The molecule has 6 nitrogen and oxygen atoms in total. The Morgan fingerprint density at radius 3 is 2.76 bits per heavy atom. The zero-order valence-corrected chi connectivity index (χ0v) is 12.8. The van der Waals surface area contributed by atoms with Crippen molar-refractivity contribution in [3.05, 3.63) is 82.2 Å². The van der Waals surface area contributed by atoms with E-state index in [2.05, 4.69) is 4.98 Å². The van der Waals surface area contributed by atoms with Crippen molar-refractivity contribution in [2.24, 2.45) is 0 Å². The smallest absolute Gasteiger partial charge is 0.270 e. The fourth-order valence-corrected chi connectivity index (χ4v) is 2.53. The van der Waals surface area contributed by atoms with Gasteiger partial charge in [-0.05, 0) is 6.07 Å². The molecule has 0 unspecified atom stereocenters. The summed E-state index contributed by atoms with van der Waals surface area (Å²) in [4.78, 5) is 14.5. The van der Waals surface area contributed by atoms with E-state index in [-0.39, 0.29) is 17.8 Å². The number of rotatable bonds is 5. The Labute approximate surface area is 141 Å². The van der Waals surface area contributed by atoms with E-state index >= 15 is 0 Å². The van der Waals surface area contributed by atoms with Gasteiger partial charge in [-0.15, -0.1) is 0 Å². The molecule has 0 spiro atoms. The minimum atomic E-state index is -1.23. The highest BCUT2D eigenvalue weighted by Crippen LogP contribution is 2.25. The lowest BCUT2D eigenvalue weighted by Gasteiger charge is -2.15. The van der Waals surface area contributed by atoms with Crippen molar-refractivity contribution in [1.29, 1.82) is 0 Å². The lowest BCUT2D eigenvalue weighted by Crippen LogP contribution is -2.11. The number of hydrogen-bond acceptors (Lipinski definition) is 4. The van der Waals surface area contributed by atoms with Crippen molar-refractivity contribution >= 4 is 5.69 Å². The Bertz CT molecular complexity index is 927. The Kier molecular flexibility index (Phi) is 4.53. The number of halogens is 2. The van der Waals surface area contributed by atoms with Crippen molar-refractivity contribution in [1.82, 2.24) is 9.55 Å². The largest absolute Gasteiger partial charge is 0.386 e. The van der Waals surface area contributed by atoms with Crippen molar-refractivity contribution in [2.75, 3.05) is 0 Å². The molecule has 1 aromatic heterocycles. The first kappa shape index (κ1) is 16.7. The second-order valence-electron chi connectivity index (χ2n) is 5.39. The number of nitro groups is 1. The number of non-ortho nitro benzene ring substituents is 1. The van der Waals surface area contributed by atoms with Gasteiger partial charge in [-0.2, -0.15) is 0 Å². The van der Waals surface area contributed by atoms with E-state index in [0.717, 1.165) is 6.07 Å². The van der Waals surface area contributed by atoms with Gasteiger partial charge in [0.25, 0.3) is 5.69 Å². The van der Waals surface area contributed by atoms with Crippen LogP contribution >= 0.6 is 0 Å². The molecule has 0 amide bonds. The molecular formula is C17H13F2N3O3. The maximum atomic E-state index is 13.8. The van der Waals surface area contributed by atoms with Crippen molar-refractivity contribution in [2.45, 2.75) is 12.6 Å². The summed E-state index contributed by atoms with van der Waals surface area (Å²) >= 11 is 0. The van der Waals surface area contributed by atoms with Crippen LogP contribution in [0.4, 0.5) is 14.5 Å². The Balaban J connectivity index is 1.89. The van der Waals surface area contributed by atoms with Gasteiger partial charge in [-0.25, -0.2) is 13.8 Å². The minimum Gasteiger partial charge on any atom is -0.386 e. The summed E-state index contributed by atoms with van der Waals surface area (Å²) in [6.45, 7) is -0.0411. The van der Waals surface area contributed by atoms with E-state index in [9.17, 15) is 24.0 Å². The summed E-state index contributed by atoms with van der Waals surface area (Å²) in [7, 11) is 0. The quantitative estimate of drug-likeness (QED) is 0.567. The average molecular weight is 345 g/mol. The number of benzene rings is 2. The number of aliphatic hydroxyl groups is 1. The van der Waals surface area contributed by atoms with Crippen LogP contribution in [0.5, 0.6) is 0 Å². The third kappa shape index (κ3) is 3.53. The Morgan fingerprint density at radius 1 is 1.24 bits per heavy atom. The highest BCUT2D eigenvalue weighted by molar-refractivity contribution is 5.59. The maximum Gasteiger partial charge on any atom is 0.270 e. The van der Waals surface area contributed by atoms with Crippen LogP contribution in [0.1, 0.15) is 11.7 Å². The minimum absolute atomic E-state index is 0.0411. The van der Waals surface area contributed by atoms with Gasteiger partial charge < -0.3 is 9.67 Å². The van der Waals surface area contributed by atoms with Crippen molar-refractivity contribution in [3.63, 3.8) is 0 Å². The van der Waals surface area contributed by atoms with E-state index in [0.29, 0.717) is 17.5 Å². The van der Waals surface area contributed by atoms with Crippen molar-refractivity contribution in [3.8, 4) is 11.4 Å². The molecule has 3 rings (SSSR count). The first-order valence-corrected chi connectivity index (χ1v) is 7.34. The molecular weight excluding hydrogens is 332 g/mol. The monoisotopic (exact) mass is 345 g/mol. The van der Waals surface area contributed by atoms with Gasteiger partial charge in [-0.3, -0.25) is 10.1 Å². The Hall–Kier alpha value is -3.13. The predicted octanol–water partition coefficient (Wildman–Crippen LogP) is 3.47. The normalized spacial score (nSPS) is 12.1. The number of aliphatic hydroxyl groups excluding tert-OH is 1. The zero-order valence-electron chi connectivity index (χ0n) is 12.8. The zero-order chi connectivity index (χ0) is 18.0. The van der Waals surface area contributed by atoms with Crippen molar-refractivity contribution < 1.29 is 18.8 Å². The summed E-state index contributed by atoms with van der Waals surface area (Å²) in [5, 5.41) is 21.2. The number of hydrogen-bond donors (Lipinski definition) is 1. The van der Waals surface area contributed by atoms with Crippen LogP contribution in [0.2, 0.25) is 0 Å². The van der Waals surface area contributed by atoms with Gasteiger partial charge in [0.15, 0.2) is 0 Å². The molecule has 8 heteroatoms. The first-order chi connectivity index (χ1) is 12.0. The molecule has 3 aromatic rings. The van der Waals surface area contributed by atoms with Gasteiger partial charge in [-0.1, -0.05) is 18.2 Å². The number of aromatic nitrogens is 2. The van der Waals surface area contributed by atoms with Crippen LogP contribution in [0.15, 0.2) is 54.9 Å². The van der Waals surface area contributed by atoms with E-state index < -0.39 is 22.7 Å². The van der Waals surface area contributed by atoms with Crippen LogP contribution in [0, 0.1) is 21.7 Å². The van der Waals surface area contributed by atoms with E-state index in [1.54, 1.807) is 16.8 Å². The first-order valence-electron chi connectivity index (χ1n) is 7.34. The summed E-state index contributed by atoms with van der Waals surface area (Å²) in [5.74, 6) is -1.18. The van der Waals surface area contributed by atoms with Crippen LogP contribution in [0.3, 0.4) is 0 Å². The van der Waals surface area contributed by atoms with Crippen LogP contribution < -0.4 is 0 Å². The molecule has 0 aliphatic heterocycles. The van der Waals surface area contributed by atoms with Gasteiger partial charge in [0.1, 0.15) is 17.5 Å². The molecule has 1 heterocycles. The molecule has 1 atom stereocenters. The molecule has 0 aliphatic rings. The molecule has 128 valence electrons. The topological polar surface area (TPSA) is 81.2 Å². The summed E-state index contributed by atoms with van der Waals surface area (Å²) in [5.41, 5.74) is 0.364. The third-order valence-corrected chi connectivity index (χ3v) is 3.72. The second-order valence-corrected chi connectivity index (χ2v) is 5.39. The fourth-order valence-electron chi connectivity index (χ4n) is 2.53. The van der Waals surface area contributed by atoms with Crippen LogP contribution in [-0.2, 0) is 6.54 Å². The highest BCUT2D eigenvalue weighted by atomic mass is 19.1. The molecule has 0 fully saturated rings. The second kappa shape index (κ2) is 6.78. The van der Waals surface area contributed by atoms with Gasteiger partial charge >= 0.3 is 0 Å². The van der Waals surface area contributed by atoms with Gasteiger partial charge in [0, 0.05) is 41.7 Å². The maximum absolute atomic E-state index is 13.8. The summed E-state index contributed by atoms with van der Waals surface area (Å²) in [6.07, 6.45) is 1.81. The predicted molar refractivity (Wildman–Crippen MR) is 85.6 cm³/mol. The molecule has 0 saturated heterocycles. The van der Waals surface area contributed by atoms with E-state index in [1.165, 1.54) is 30.5 Å². The average Bonchev–Trinajstić information content (AvgIpc) is 3.02. The summed E-state index contributed by atoms with van der Waals surface area (Å²) in [6, 6.07) is 8.85. The molecule has 0 saturated carbocycles. The number of imidazole rings is 1. The standard InChI is InChI=1S/C17H13F2N3O3/c18-12-4-5-14(15(19)9-12)16(23)10-21-7-6-20-17(21)11-2-1-3-13(8-11)22(24)25/h1-9,16,23H,10H2/t16-/m0/s1. The molecule has 2 aromatic carbocycles. The highest BCUT2D eigenvalue weighted by Gasteiger charge is 2.17. The van der Waals surface area contributed by atoms with E-state index in [4.69, 9.17) is 0 Å². The van der Waals surface area contributed by atoms with E-state index in [1.807, 2.05) is 0 Å². The fraction of sp³-hybridized carbons (Fsp3) is 0.118. The molecule has 0 radical (unpaired) electrons. The van der Waals surface area contributed by atoms with Gasteiger partial charge in [0.2, 0.25) is 0 Å².